The van der Waals surface area contributed by atoms with E-state index in [9.17, 15) is 25.9 Å². The number of nitrogen functional groups attached to an aromatic ring is 4. The molecule has 0 radical (unpaired) electrons. The highest BCUT2D eigenvalue weighted by molar-refractivity contribution is 7.86. The van der Waals surface area contributed by atoms with Crippen LogP contribution in [0.25, 0.3) is 11.1 Å². The van der Waals surface area contributed by atoms with Crippen molar-refractivity contribution in [2.45, 2.75) is 9.79 Å². The van der Waals surface area contributed by atoms with Crippen LogP contribution in [0.15, 0.2) is 172 Å². The number of nitrogens with two attached hydrogens (primary N) is 4. The highest BCUT2D eigenvalue weighted by Gasteiger charge is 2.19. The third-order valence-electron chi connectivity index (χ3n) is 7.53. The Hall–Kier alpha value is -7.26. The van der Waals surface area contributed by atoms with Gasteiger partial charge in [-0.1, -0.05) is 18.2 Å². The van der Waals surface area contributed by atoms with Crippen LogP contribution in [0.3, 0.4) is 0 Å². The monoisotopic (exact) mass is 790 g/mol. The Bertz CT molecular complexity index is 2750. The Morgan fingerprint density at radius 2 is 0.696 bits per heavy atom. The number of azo groups is 4. The van der Waals surface area contributed by atoms with Crippen molar-refractivity contribution < 1.29 is 25.9 Å². The molecule has 0 aliphatic rings. The molecule has 0 atom stereocenters. The Kier molecular flexibility index (Phi) is 11.0. The lowest BCUT2D eigenvalue weighted by molar-refractivity contribution is 0.481. The van der Waals surface area contributed by atoms with Gasteiger partial charge in [0.05, 0.1) is 39.8 Å². The van der Waals surface area contributed by atoms with Crippen molar-refractivity contribution in [1.82, 2.24) is 0 Å². The minimum absolute atomic E-state index is 0.0636. The van der Waals surface area contributed by atoms with Gasteiger partial charge >= 0.3 is 0 Å². The first-order valence-corrected chi connectivity index (χ1v) is 18.9. The quantitative estimate of drug-likeness (QED) is 0.0409. The second-order valence-electron chi connectivity index (χ2n) is 11.9. The van der Waals surface area contributed by atoms with Crippen LogP contribution in [-0.4, -0.2) is 25.9 Å². The van der Waals surface area contributed by atoms with Gasteiger partial charge in [0.2, 0.25) is 0 Å². The van der Waals surface area contributed by atoms with Crippen LogP contribution < -0.4 is 22.9 Å². The van der Waals surface area contributed by atoms with Gasteiger partial charge in [-0.3, -0.25) is 9.11 Å². The zero-order valence-corrected chi connectivity index (χ0v) is 30.4. The van der Waals surface area contributed by atoms with Crippen LogP contribution in [-0.2, 0) is 20.2 Å². The summed E-state index contributed by atoms with van der Waals surface area (Å²) in [5.41, 5.74) is 27.3. The summed E-state index contributed by atoms with van der Waals surface area (Å²) in [4.78, 5) is -0.973. The summed E-state index contributed by atoms with van der Waals surface area (Å²) < 4.78 is 69.0. The summed E-state index contributed by atoms with van der Waals surface area (Å²) in [6.45, 7) is 0. The molecule has 10 N–H and O–H groups in total. The Morgan fingerprint density at radius 3 is 1.14 bits per heavy atom. The van der Waals surface area contributed by atoms with E-state index in [0.29, 0.717) is 51.1 Å². The molecule has 0 saturated carbocycles. The predicted octanol–water partition coefficient (Wildman–Crippen LogP) is 9.84. The van der Waals surface area contributed by atoms with Gasteiger partial charge in [-0.15, -0.1) is 5.11 Å². The van der Waals surface area contributed by atoms with E-state index in [4.69, 9.17) is 22.9 Å². The van der Waals surface area contributed by atoms with Crippen molar-refractivity contribution in [2.75, 3.05) is 22.9 Å². The molecule has 6 rings (SSSR count). The second kappa shape index (κ2) is 16.0. The molecule has 0 heterocycles. The average molecular weight is 791 g/mol. The summed E-state index contributed by atoms with van der Waals surface area (Å²) in [5.74, 6) is 0. The van der Waals surface area contributed by atoms with Gasteiger partial charge in [0.25, 0.3) is 20.2 Å². The first-order chi connectivity index (χ1) is 26.6. The van der Waals surface area contributed by atoms with E-state index in [1.807, 2.05) is 0 Å². The van der Waals surface area contributed by atoms with Crippen molar-refractivity contribution in [3.63, 3.8) is 0 Å². The second-order valence-corrected chi connectivity index (χ2v) is 14.6. The molecule has 56 heavy (non-hydrogen) atoms. The van der Waals surface area contributed by atoms with E-state index in [1.54, 1.807) is 54.6 Å². The molecule has 6 aromatic carbocycles. The summed E-state index contributed by atoms with van der Waals surface area (Å²) >= 11 is 0. The summed E-state index contributed by atoms with van der Waals surface area (Å²) in [7, 11) is -9.45. The van der Waals surface area contributed by atoms with Crippen molar-refractivity contribution in [1.29, 1.82) is 0 Å². The lowest BCUT2D eigenvalue weighted by Crippen LogP contribution is -2.00. The maximum absolute atomic E-state index is 12.4. The number of benzene rings is 6. The van der Waals surface area contributed by atoms with Gasteiger partial charge in [0, 0.05) is 28.3 Å². The Labute approximate surface area is 319 Å². The third-order valence-corrected chi connectivity index (χ3v) is 9.31. The van der Waals surface area contributed by atoms with Crippen LogP contribution in [0.1, 0.15) is 0 Å². The van der Waals surface area contributed by atoms with Gasteiger partial charge in [0.1, 0.15) is 15.5 Å². The molecule has 18 nitrogen and oxygen atoms in total. The van der Waals surface area contributed by atoms with Crippen LogP contribution in [0.2, 0.25) is 0 Å². The smallest absolute Gasteiger partial charge is 0.296 e. The number of nitrogens with zero attached hydrogens (tertiary/aromatic N) is 8. The first kappa shape index (κ1) is 38.5. The Morgan fingerprint density at radius 1 is 0.357 bits per heavy atom. The zero-order chi connectivity index (χ0) is 40.0. The zero-order valence-electron chi connectivity index (χ0n) is 28.8. The molecule has 0 amide bonds. The molecule has 0 unspecified atom stereocenters. The van der Waals surface area contributed by atoms with Crippen molar-refractivity contribution >= 4 is 88.5 Å². The summed E-state index contributed by atoms with van der Waals surface area (Å²) in [5, 5.41) is 32.6. The van der Waals surface area contributed by atoms with E-state index in [0.717, 1.165) is 6.07 Å². The van der Waals surface area contributed by atoms with E-state index in [-0.39, 0.29) is 28.3 Å². The number of rotatable bonds is 11. The summed E-state index contributed by atoms with van der Waals surface area (Å²) in [6.07, 6.45) is 0. The van der Waals surface area contributed by atoms with Crippen LogP contribution in [0.5, 0.6) is 0 Å². The Balaban J connectivity index is 1.17. The SMILES string of the molecule is Nc1cc(N)cc(N=Nc2ccc(N=Nc3ccc(-c4ccc(N=Nc5ccc(N=Nc6cc(N)cc(N)c6)c(S(=O)(=O)O)c5)cc4)c(S(=O)(=O)O)c3)cc2)c1. The highest BCUT2D eigenvalue weighted by atomic mass is 32.2. The minimum Gasteiger partial charge on any atom is -0.399 e. The van der Waals surface area contributed by atoms with E-state index in [2.05, 4.69) is 40.9 Å². The van der Waals surface area contributed by atoms with Gasteiger partial charge in [-0.05, 0) is 109 Å². The molecule has 0 bridgehead atoms. The predicted molar refractivity (Wildman–Crippen MR) is 212 cm³/mol. The van der Waals surface area contributed by atoms with Crippen LogP contribution >= 0.6 is 0 Å². The normalized spacial score (nSPS) is 12.4. The van der Waals surface area contributed by atoms with Crippen molar-refractivity contribution in [3.05, 3.63) is 121 Å². The molecule has 0 fully saturated rings. The average Bonchev–Trinajstić information content (AvgIpc) is 3.14. The van der Waals surface area contributed by atoms with Gasteiger partial charge in [-0.2, -0.15) is 52.6 Å². The molecule has 0 aliphatic carbocycles. The molecule has 0 spiro atoms. The largest absolute Gasteiger partial charge is 0.399 e. The van der Waals surface area contributed by atoms with E-state index < -0.39 is 30.0 Å². The van der Waals surface area contributed by atoms with Crippen molar-refractivity contribution in [2.24, 2.45) is 40.9 Å². The third kappa shape index (κ3) is 10.0. The fourth-order valence-corrected chi connectivity index (χ4v) is 6.44. The number of hydrogen-bond acceptors (Lipinski definition) is 16. The first-order valence-electron chi connectivity index (χ1n) is 16.0. The number of anilines is 4. The lowest BCUT2D eigenvalue weighted by Gasteiger charge is -2.08. The maximum atomic E-state index is 12.4. The molecule has 282 valence electrons. The van der Waals surface area contributed by atoms with Crippen LogP contribution in [0.4, 0.5) is 68.2 Å². The molecular formula is C36H30N12O6S2. The maximum Gasteiger partial charge on any atom is 0.296 e. The summed E-state index contributed by atoms with van der Waals surface area (Å²) in [6, 6.07) is 30.0. The molecule has 0 saturated heterocycles. The highest BCUT2D eigenvalue weighted by Crippen LogP contribution is 2.35. The lowest BCUT2D eigenvalue weighted by atomic mass is 10.0. The minimum atomic E-state index is -4.75. The molecule has 0 aromatic heterocycles. The van der Waals surface area contributed by atoms with E-state index in [1.165, 1.54) is 60.7 Å². The molecule has 6 aromatic rings. The fourth-order valence-electron chi connectivity index (χ4n) is 5.06. The van der Waals surface area contributed by atoms with Crippen molar-refractivity contribution in [3.8, 4) is 11.1 Å². The van der Waals surface area contributed by atoms with Crippen LogP contribution in [0, 0.1) is 0 Å². The van der Waals surface area contributed by atoms with Gasteiger partial charge in [0.15, 0.2) is 0 Å². The number of hydrogen-bond donors (Lipinski definition) is 6. The standard InChI is InChI=1S/C36H30N12O6S2/c37-22-13-23(38)16-31(15-22)46-43-28-7-5-27(6-8-28)42-44-29-9-11-33(35(19-29)55(49,50)51)21-1-3-26(4-2-21)41-45-30-10-12-34(36(20-30)56(52,53)54)48-47-32-17-24(39)14-25(40)18-32/h1-20H,37-40H2,(H,49,50,51)(H,52,53,54). The van der Waals surface area contributed by atoms with Gasteiger partial charge < -0.3 is 22.9 Å². The topological polar surface area (TPSA) is 312 Å². The molecule has 20 heteroatoms. The van der Waals surface area contributed by atoms with E-state index >= 15 is 0 Å². The van der Waals surface area contributed by atoms with Gasteiger partial charge in [-0.25, -0.2) is 0 Å². The molecule has 0 aliphatic heterocycles. The molecular weight excluding hydrogens is 761 g/mol. The fraction of sp³-hybridized carbons (Fsp3) is 0.